The summed E-state index contributed by atoms with van der Waals surface area (Å²) in [7, 11) is 0. The van der Waals surface area contributed by atoms with Crippen molar-refractivity contribution < 1.29 is 4.92 Å². The van der Waals surface area contributed by atoms with Crippen LogP contribution in [0.5, 0.6) is 0 Å². The first-order valence-corrected chi connectivity index (χ1v) is 5.31. The number of pyridine rings is 1. The lowest BCUT2D eigenvalue weighted by Gasteiger charge is -2.07. The summed E-state index contributed by atoms with van der Waals surface area (Å²) in [6.07, 6.45) is 4.39. The number of nitrogens with one attached hydrogen (secondary N) is 2. The highest BCUT2D eigenvalue weighted by molar-refractivity contribution is 5.56. The van der Waals surface area contributed by atoms with E-state index in [9.17, 15) is 10.1 Å². The first-order valence-electron chi connectivity index (χ1n) is 5.31. The van der Waals surface area contributed by atoms with Crippen LogP contribution in [-0.4, -0.2) is 19.9 Å². The molecule has 2 aromatic rings. The first-order chi connectivity index (χ1) is 9.20. The number of rotatable bonds is 5. The zero-order valence-corrected chi connectivity index (χ0v) is 9.78. The molecule has 0 radical (unpaired) electrons. The number of nitro groups is 1. The van der Waals surface area contributed by atoms with Crippen molar-refractivity contribution in [2.75, 3.05) is 10.7 Å². The summed E-state index contributed by atoms with van der Waals surface area (Å²) < 4.78 is 0. The van der Waals surface area contributed by atoms with Gasteiger partial charge in [0.25, 0.3) is 0 Å². The van der Waals surface area contributed by atoms with Crippen LogP contribution in [0.25, 0.3) is 0 Å². The molecule has 2 aromatic heterocycles. The summed E-state index contributed by atoms with van der Waals surface area (Å²) in [5.74, 6) is 5.36. The van der Waals surface area contributed by atoms with Crippen molar-refractivity contribution in [1.82, 2.24) is 15.0 Å². The maximum absolute atomic E-state index is 10.9. The fraction of sp³-hybridized carbons (Fsp3) is 0.100. The molecule has 0 aromatic carbocycles. The third-order valence-electron chi connectivity index (χ3n) is 2.28. The van der Waals surface area contributed by atoms with E-state index in [0.717, 1.165) is 11.8 Å². The molecule has 2 heterocycles. The second-order valence-electron chi connectivity index (χ2n) is 3.54. The number of hydrogen-bond donors (Lipinski definition) is 3. The van der Waals surface area contributed by atoms with E-state index >= 15 is 0 Å². The molecule has 0 atom stereocenters. The highest BCUT2D eigenvalue weighted by Crippen LogP contribution is 2.22. The van der Waals surface area contributed by atoms with Crippen LogP contribution in [0.4, 0.5) is 17.5 Å². The largest absolute Gasteiger partial charge is 0.360 e. The molecule has 2 rings (SSSR count). The van der Waals surface area contributed by atoms with E-state index in [2.05, 4.69) is 25.7 Å². The molecule has 0 spiro atoms. The number of nitrogens with two attached hydrogens (primary N) is 1. The van der Waals surface area contributed by atoms with Gasteiger partial charge in [-0.3, -0.25) is 20.5 Å². The number of nitrogen functional groups attached to an aromatic ring is 1. The van der Waals surface area contributed by atoms with E-state index in [0.29, 0.717) is 6.54 Å². The molecule has 0 saturated carbocycles. The van der Waals surface area contributed by atoms with Crippen LogP contribution in [0.15, 0.2) is 30.7 Å². The summed E-state index contributed by atoms with van der Waals surface area (Å²) in [5.41, 5.74) is 2.89. The van der Waals surface area contributed by atoms with Crippen molar-refractivity contribution in [3.05, 3.63) is 46.4 Å². The number of aromatic nitrogens is 3. The van der Waals surface area contributed by atoms with Gasteiger partial charge in [0.2, 0.25) is 11.8 Å². The van der Waals surface area contributed by atoms with Crippen molar-refractivity contribution >= 4 is 17.5 Å². The second kappa shape index (κ2) is 5.69. The van der Waals surface area contributed by atoms with Gasteiger partial charge in [0.15, 0.2) is 0 Å². The fourth-order valence-electron chi connectivity index (χ4n) is 1.40. The molecule has 0 unspecified atom stereocenters. The van der Waals surface area contributed by atoms with Crippen molar-refractivity contribution in [1.29, 1.82) is 0 Å². The molecule has 9 nitrogen and oxygen atoms in total. The lowest BCUT2D eigenvalue weighted by Crippen LogP contribution is -2.13. The van der Waals surface area contributed by atoms with Crippen molar-refractivity contribution in [2.24, 2.45) is 5.84 Å². The van der Waals surface area contributed by atoms with E-state index in [1.165, 1.54) is 0 Å². The Kier molecular flexibility index (Phi) is 3.78. The average Bonchev–Trinajstić information content (AvgIpc) is 2.45. The van der Waals surface area contributed by atoms with Crippen LogP contribution in [-0.2, 0) is 6.54 Å². The van der Waals surface area contributed by atoms with Gasteiger partial charge in [-0.15, -0.1) is 0 Å². The summed E-state index contributed by atoms with van der Waals surface area (Å²) in [5, 5.41) is 13.7. The highest BCUT2D eigenvalue weighted by atomic mass is 16.6. The monoisotopic (exact) mass is 261 g/mol. The van der Waals surface area contributed by atoms with Gasteiger partial charge < -0.3 is 5.32 Å². The smallest absolute Gasteiger partial charge is 0.329 e. The first kappa shape index (κ1) is 12.6. The Labute approximate surface area is 108 Å². The molecule has 0 aliphatic rings. The van der Waals surface area contributed by atoms with Crippen LogP contribution >= 0.6 is 0 Å². The summed E-state index contributed by atoms with van der Waals surface area (Å²) in [6.45, 7) is 0.357. The topological polar surface area (TPSA) is 132 Å². The van der Waals surface area contributed by atoms with E-state index in [4.69, 9.17) is 5.84 Å². The van der Waals surface area contributed by atoms with Gasteiger partial charge in [-0.25, -0.2) is 10.8 Å². The van der Waals surface area contributed by atoms with Crippen LogP contribution in [0.2, 0.25) is 0 Å². The van der Waals surface area contributed by atoms with Crippen LogP contribution in [0.1, 0.15) is 5.56 Å². The van der Waals surface area contributed by atoms with Crippen molar-refractivity contribution in [2.45, 2.75) is 6.54 Å². The zero-order valence-electron chi connectivity index (χ0n) is 9.78. The van der Waals surface area contributed by atoms with Gasteiger partial charge in [-0.05, 0) is 11.6 Å². The zero-order chi connectivity index (χ0) is 13.7. The molecular formula is C10H11N7O2. The van der Waals surface area contributed by atoms with Gasteiger partial charge in [0.05, 0.1) is 4.92 Å². The molecule has 0 saturated heterocycles. The second-order valence-corrected chi connectivity index (χ2v) is 3.54. The summed E-state index contributed by atoms with van der Waals surface area (Å²) in [4.78, 5) is 21.8. The number of nitrogens with zero attached hydrogens (tertiary/aromatic N) is 4. The van der Waals surface area contributed by atoms with E-state index in [1.54, 1.807) is 18.5 Å². The minimum absolute atomic E-state index is 0.0943. The predicted molar refractivity (Wildman–Crippen MR) is 68.1 cm³/mol. The Morgan fingerprint density at radius 2 is 2.26 bits per heavy atom. The summed E-state index contributed by atoms with van der Waals surface area (Å²) >= 11 is 0. The predicted octanol–water partition coefficient (Wildman–Crippen LogP) is 0.677. The lowest BCUT2D eigenvalue weighted by atomic mass is 10.3. The highest BCUT2D eigenvalue weighted by Gasteiger charge is 2.16. The molecule has 98 valence electrons. The van der Waals surface area contributed by atoms with Gasteiger partial charge in [-0.2, -0.15) is 4.98 Å². The Bertz CT molecular complexity index is 575. The minimum Gasteiger partial charge on any atom is -0.360 e. The number of hydrazine groups is 1. The van der Waals surface area contributed by atoms with E-state index < -0.39 is 4.92 Å². The standard InChI is InChI=1S/C10H11N7O2/c11-16-10-14-6-8(17(18)19)9(15-10)13-5-7-2-1-3-12-4-7/h1-4,6H,5,11H2,(H2,13,14,15,16). The maximum atomic E-state index is 10.9. The number of hydrogen-bond acceptors (Lipinski definition) is 8. The molecule has 0 amide bonds. The van der Waals surface area contributed by atoms with Gasteiger partial charge in [0, 0.05) is 18.9 Å². The minimum atomic E-state index is -0.564. The summed E-state index contributed by atoms with van der Waals surface area (Å²) in [6, 6.07) is 3.62. The quantitative estimate of drug-likeness (QED) is 0.406. The fourth-order valence-corrected chi connectivity index (χ4v) is 1.40. The maximum Gasteiger partial charge on any atom is 0.329 e. The molecule has 9 heteroatoms. The Morgan fingerprint density at radius 3 is 2.89 bits per heavy atom. The Balaban J connectivity index is 2.20. The van der Waals surface area contributed by atoms with Crippen LogP contribution in [0, 0.1) is 10.1 Å². The van der Waals surface area contributed by atoms with Gasteiger partial charge >= 0.3 is 5.69 Å². The van der Waals surface area contributed by atoms with E-state index in [-0.39, 0.29) is 17.5 Å². The van der Waals surface area contributed by atoms with Crippen molar-refractivity contribution in [3.8, 4) is 0 Å². The lowest BCUT2D eigenvalue weighted by molar-refractivity contribution is -0.384. The Morgan fingerprint density at radius 1 is 1.42 bits per heavy atom. The van der Waals surface area contributed by atoms with Crippen LogP contribution < -0.4 is 16.6 Å². The molecule has 0 fully saturated rings. The molecule has 0 aliphatic carbocycles. The van der Waals surface area contributed by atoms with Gasteiger partial charge in [0.1, 0.15) is 6.20 Å². The normalized spacial score (nSPS) is 9.95. The van der Waals surface area contributed by atoms with Crippen LogP contribution in [0.3, 0.4) is 0 Å². The molecular weight excluding hydrogens is 250 g/mol. The molecule has 0 aliphatic heterocycles. The SMILES string of the molecule is NNc1ncc([N+](=O)[O-])c(NCc2cccnc2)n1. The number of anilines is 2. The molecule has 0 bridgehead atoms. The molecule has 4 N–H and O–H groups in total. The third kappa shape index (κ3) is 3.10. The molecule has 19 heavy (non-hydrogen) atoms. The third-order valence-corrected chi connectivity index (χ3v) is 2.28. The van der Waals surface area contributed by atoms with Gasteiger partial charge in [-0.1, -0.05) is 6.07 Å². The Hall–Kier alpha value is -2.81. The van der Waals surface area contributed by atoms with E-state index in [1.807, 2.05) is 6.07 Å². The average molecular weight is 261 g/mol. The van der Waals surface area contributed by atoms with Crippen molar-refractivity contribution in [3.63, 3.8) is 0 Å².